The molecule has 240 valence electrons. The molecule has 0 bridgehead atoms. The van der Waals surface area contributed by atoms with Gasteiger partial charge in [-0.15, -0.1) is 11.8 Å². The first kappa shape index (κ1) is 32.8. The van der Waals surface area contributed by atoms with Crippen LogP contribution in [0.15, 0.2) is 71.0 Å². The summed E-state index contributed by atoms with van der Waals surface area (Å²) in [4.78, 5) is 58.7. The van der Waals surface area contributed by atoms with E-state index in [1.807, 2.05) is 18.4 Å². The minimum atomic E-state index is -2.01. The third-order valence-electron chi connectivity index (χ3n) is 8.15. The minimum Gasteiger partial charge on any atom is -0.507 e. The van der Waals surface area contributed by atoms with Crippen LogP contribution >= 0.6 is 23.4 Å². The van der Waals surface area contributed by atoms with Gasteiger partial charge in [0.15, 0.2) is 17.3 Å². The number of hydrogen-bond donors (Lipinski definition) is 3. The van der Waals surface area contributed by atoms with Crippen molar-refractivity contribution in [2.24, 2.45) is 5.92 Å². The van der Waals surface area contributed by atoms with Crippen molar-refractivity contribution in [2.45, 2.75) is 36.2 Å². The first-order valence-electron chi connectivity index (χ1n) is 14.3. The number of Topliss-reactive ketones (excluding diaryl/α,β-unsaturated/α-hetero) is 2. The van der Waals surface area contributed by atoms with Gasteiger partial charge in [0.1, 0.15) is 27.9 Å². The number of methoxy groups -OCH3 is 2. The maximum absolute atomic E-state index is 14.2. The van der Waals surface area contributed by atoms with E-state index in [2.05, 4.69) is 15.6 Å². The number of rotatable bonds is 10. The highest BCUT2D eigenvalue weighted by Crippen LogP contribution is 2.55. The number of aromatic nitrogens is 1. The van der Waals surface area contributed by atoms with Crippen molar-refractivity contribution in [3.8, 4) is 17.2 Å². The van der Waals surface area contributed by atoms with E-state index >= 15 is 0 Å². The van der Waals surface area contributed by atoms with Crippen molar-refractivity contribution in [1.29, 1.82) is 0 Å². The summed E-state index contributed by atoms with van der Waals surface area (Å²) in [5, 5.41) is 17.2. The van der Waals surface area contributed by atoms with Crippen LogP contribution in [0.1, 0.15) is 41.6 Å². The number of pyridine rings is 1. The number of anilines is 1. The van der Waals surface area contributed by atoms with E-state index in [0.29, 0.717) is 11.4 Å². The fourth-order valence-corrected chi connectivity index (χ4v) is 6.49. The van der Waals surface area contributed by atoms with Crippen LogP contribution in [-0.4, -0.2) is 66.1 Å². The molecule has 0 fully saturated rings. The third kappa shape index (κ3) is 5.90. The molecule has 3 atom stereocenters. The number of ether oxygens (including phenoxy) is 3. The van der Waals surface area contributed by atoms with Crippen LogP contribution in [-0.2, 0) is 14.4 Å². The van der Waals surface area contributed by atoms with Gasteiger partial charge >= 0.3 is 0 Å². The summed E-state index contributed by atoms with van der Waals surface area (Å²) >= 11 is 8.08. The van der Waals surface area contributed by atoms with E-state index in [4.69, 9.17) is 25.8 Å². The predicted octanol–water partition coefficient (Wildman–Crippen LogP) is 5.14. The van der Waals surface area contributed by atoms with Crippen molar-refractivity contribution in [3.63, 3.8) is 0 Å². The summed E-state index contributed by atoms with van der Waals surface area (Å²) in [6, 6.07) is 13.7. The van der Waals surface area contributed by atoms with E-state index in [0.717, 1.165) is 4.90 Å². The number of nitrogens with one attached hydrogen (secondary N) is 2. The number of amides is 2. The number of aliphatic hydroxyl groups excluding tert-OH is 1. The fourth-order valence-electron chi connectivity index (χ4n) is 5.82. The Morgan fingerprint density at radius 3 is 2.48 bits per heavy atom. The Morgan fingerprint density at radius 2 is 1.85 bits per heavy atom. The first-order valence-corrected chi connectivity index (χ1v) is 15.9. The van der Waals surface area contributed by atoms with Crippen LogP contribution in [0.2, 0.25) is 5.02 Å². The molecular formula is C33H32ClN3O8S. The molecule has 1 aliphatic carbocycles. The van der Waals surface area contributed by atoms with Crippen molar-refractivity contribution < 1.29 is 38.5 Å². The number of benzene rings is 2. The average Bonchev–Trinajstić information content (AvgIpc) is 3.37. The highest BCUT2D eigenvalue weighted by atomic mass is 35.5. The highest BCUT2D eigenvalue weighted by Gasteiger charge is 2.61. The molecule has 5 rings (SSSR count). The number of carbonyl (C=O) groups excluding carboxylic acids is 4. The van der Waals surface area contributed by atoms with Crippen LogP contribution in [0.5, 0.6) is 17.2 Å². The number of carbonyl (C=O) groups is 4. The number of thioether (sulfide) groups is 1. The smallest absolute Gasteiger partial charge is 0.244 e. The summed E-state index contributed by atoms with van der Waals surface area (Å²) in [5.41, 5.74) is -1.58. The zero-order chi connectivity index (χ0) is 33.2. The lowest BCUT2D eigenvalue weighted by Gasteiger charge is -2.38. The summed E-state index contributed by atoms with van der Waals surface area (Å²) in [6.45, 7) is 1.27. The minimum absolute atomic E-state index is 0.00883. The zero-order valence-corrected chi connectivity index (χ0v) is 27.1. The molecule has 1 spiro atoms. The molecule has 46 heavy (non-hydrogen) atoms. The van der Waals surface area contributed by atoms with Gasteiger partial charge in [0.25, 0.3) is 0 Å². The molecule has 3 N–H and O–H groups in total. The van der Waals surface area contributed by atoms with Gasteiger partial charge in [0, 0.05) is 47.4 Å². The molecule has 0 radical (unpaired) electrons. The molecule has 3 unspecified atom stereocenters. The first-order chi connectivity index (χ1) is 22.0. The number of fused-ring (bicyclic) bond motifs is 1. The second kappa shape index (κ2) is 13.4. The van der Waals surface area contributed by atoms with Gasteiger partial charge in [-0.1, -0.05) is 36.7 Å². The molecule has 11 nitrogen and oxygen atoms in total. The monoisotopic (exact) mass is 665 g/mol. The maximum Gasteiger partial charge on any atom is 0.244 e. The maximum atomic E-state index is 14.2. The van der Waals surface area contributed by atoms with E-state index < -0.39 is 46.6 Å². The SMILES string of the molecule is COc1cc(OC)c2c(c1Cl)OC1(C2=O)C(O)=C(C(CC(=O)NCC(=O)Nc2ccccn2)c2ccc(SC)cc2)C(=O)CC1C. The molecule has 2 amide bonds. The Hall–Kier alpha value is -4.55. The van der Waals surface area contributed by atoms with Gasteiger partial charge in [-0.25, -0.2) is 4.98 Å². The number of halogens is 1. The van der Waals surface area contributed by atoms with Crippen LogP contribution in [0.3, 0.4) is 0 Å². The molecule has 1 aliphatic heterocycles. The summed E-state index contributed by atoms with van der Waals surface area (Å²) in [5.74, 6) is -3.92. The van der Waals surface area contributed by atoms with Crippen molar-refractivity contribution >= 4 is 52.6 Å². The number of nitrogens with zero attached hydrogens (tertiary/aromatic N) is 1. The van der Waals surface area contributed by atoms with Gasteiger partial charge in [-0.3, -0.25) is 19.2 Å². The van der Waals surface area contributed by atoms with Gasteiger partial charge in [-0.05, 0) is 36.1 Å². The average molecular weight is 666 g/mol. The number of hydrogen-bond acceptors (Lipinski definition) is 10. The molecule has 1 aromatic heterocycles. The Bertz CT molecular complexity index is 1730. The third-order valence-corrected chi connectivity index (χ3v) is 9.25. The van der Waals surface area contributed by atoms with E-state index in [9.17, 15) is 24.3 Å². The van der Waals surface area contributed by atoms with Crippen molar-refractivity contribution in [3.05, 3.63) is 82.2 Å². The fraction of sp³-hybridized carbons (Fsp3) is 0.303. The lowest BCUT2D eigenvalue weighted by atomic mass is 9.69. The molecule has 13 heteroatoms. The van der Waals surface area contributed by atoms with Gasteiger partial charge in [0.05, 0.1) is 20.8 Å². The summed E-state index contributed by atoms with van der Waals surface area (Å²) < 4.78 is 17.1. The summed E-state index contributed by atoms with van der Waals surface area (Å²) in [7, 11) is 2.77. The highest BCUT2D eigenvalue weighted by molar-refractivity contribution is 7.98. The van der Waals surface area contributed by atoms with Crippen LogP contribution < -0.4 is 24.8 Å². The second-order valence-corrected chi connectivity index (χ2v) is 12.1. The number of allylic oxidation sites excluding steroid dienone is 1. The molecule has 2 aliphatic rings. The Kier molecular flexibility index (Phi) is 9.59. The quantitative estimate of drug-likeness (QED) is 0.248. The van der Waals surface area contributed by atoms with E-state index in [-0.39, 0.29) is 52.8 Å². The molecule has 2 heterocycles. The normalized spacial score (nSPS) is 19.4. The number of aliphatic hydroxyl groups is 1. The molecular weight excluding hydrogens is 634 g/mol. The van der Waals surface area contributed by atoms with E-state index in [1.165, 1.54) is 38.2 Å². The van der Waals surface area contributed by atoms with Crippen LogP contribution in [0.4, 0.5) is 5.82 Å². The van der Waals surface area contributed by atoms with Crippen molar-refractivity contribution in [2.75, 3.05) is 32.3 Å². The second-order valence-electron chi connectivity index (χ2n) is 10.8. The predicted molar refractivity (Wildman–Crippen MR) is 172 cm³/mol. The topological polar surface area (TPSA) is 153 Å². The van der Waals surface area contributed by atoms with Crippen molar-refractivity contribution in [1.82, 2.24) is 10.3 Å². The standard InChI is InChI=1S/C33H32ClN3O8S/c1-17-13-21(38)27(31(41)33(17)32(42)28-22(43-2)15-23(44-3)29(34)30(28)45-33)20(18-8-10-19(46-4)11-9-18)14-25(39)36-16-26(40)37-24-7-5-6-12-35-24/h5-12,15,17,20,41H,13-14,16H2,1-4H3,(H,36,39)(H,35,37,40). The van der Waals surface area contributed by atoms with Crippen LogP contribution in [0, 0.1) is 5.92 Å². The molecule has 3 aromatic rings. The molecule has 0 saturated carbocycles. The lowest BCUT2D eigenvalue weighted by molar-refractivity contribution is -0.124. The molecule has 0 saturated heterocycles. The summed E-state index contributed by atoms with van der Waals surface area (Å²) in [6.07, 6.45) is 2.96. The lowest BCUT2D eigenvalue weighted by Crippen LogP contribution is -2.53. The number of ketones is 2. The Morgan fingerprint density at radius 1 is 1.13 bits per heavy atom. The Labute approximate surface area is 274 Å². The van der Waals surface area contributed by atoms with E-state index in [1.54, 1.807) is 37.3 Å². The Balaban J connectivity index is 1.53. The molecule has 2 aromatic carbocycles. The van der Waals surface area contributed by atoms with Crippen LogP contribution in [0.25, 0.3) is 0 Å². The van der Waals surface area contributed by atoms with Gasteiger partial charge in [-0.2, -0.15) is 0 Å². The van der Waals surface area contributed by atoms with Gasteiger partial charge in [0.2, 0.25) is 23.2 Å². The largest absolute Gasteiger partial charge is 0.507 e. The zero-order valence-electron chi connectivity index (χ0n) is 25.5. The van der Waals surface area contributed by atoms with Gasteiger partial charge < -0.3 is 30.0 Å².